The molecule has 0 aliphatic carbocycles. The average molecular weight is 254 g/mol. The van der Waals surface area contributed by atoms with Crippen molar-refractivity contribution in [2.75, 3.05) is 19.6 Å². The Morgan fingerprint density at radius 2 is 1.94 bits per heavy atom. The second-order valence-electron chi connectivity index (χ2n) is 5.40. The lowest BCUT2D eigenvalue weighted by molar-refractivity contribution is -0.148. The van der Waals surface area contributed by atoms with Crippen molar-refractivity contribution in [3.05, 3.63) is 0 Å². The van der Waals surface area contributed by atoms with Crippen LogP contribution in [-0.2, 0) is 9.59 Å². The molecule has 102 valence electrons. The van der Waals surface area contributed by atoms with Gasteiger partial charge in [-0.2, -0.15) is 0 Å². The van der Waals surface area contributed by atoms with E-state index >= 15 is 0 Å². The van der Waals surface area contributed by atoms with Crippen molar-refractivity contribution in [1.29, 1.82) is 0 Å². The molecule has 2 fully saturated rings. The maximum absolute atomic E-state index is 12.2. The molecule has 1 N–H and O–H groups in total. The SMILES string of the molecule is CC1CCCCN1CC(=O)N1CCCC1C(=O)O. The fourth-order valence-corrected chi connectivity index (χ4v) is 2.98. The zero-order valence-electron chi connectivity index (χ0n) is 11.0. The highest BCUT2D eigenvalue weighted by Crippen LogP contribution is 2.20. The summed E-state index contributed by atoms with van der Waals surface area (Å²) in [7, 11) is 0. The quantitative estimate of drug-likeness (QED) is 0.814. The van der Waals surface area contributed by atoms with E-state index in [1.165, 1.54) is 6.42 Å². The predicted molar refractivity (Wildman–Crippen MR) is 67.3 cm³/mol. The molecule has 2 aliphatic heterocycles. The first-order valence-corrected chi connectivity index (χ1v) is 6.86. The van der Waals surface area contributed by atoms with Gasteiger partial charge in [-0.1, -0.05) is 6.42 Å². The number of rotatable bonds is 3. The molecule has 2 rings (SSSR count). The fraction of sp³-hybridized carbons (Fsp3) is 0.846. The van der Waals surface area contributed by atoms with Crippen LogP contribution >= 0.6 is 0 Å². The highest BCUT2D eigenvalue weighted by Gasteiger charge is 2.35. The van der Waals surface area contributed by atoms with Gasteiger partial charge in [0.25, 0.3) is 0 Å². The number of carbonyl (C=O) groups is 2. The van der Waals surface area contributed by atoms with Gasteiger partial charge in [-0.15, -0.1) is 0 Å². The Kier molecular flexibility index (Phi) is 4.22. The molecule has 2 unspecified atom stereocenters. The summed E-state index contributed by atoms with van der Waals surface area (Å²) in [5.41, 5.74) is 0. The minimum atomic E-state index is -0.868. The molecule has 0 aromatic rings. The summed E-state index contributed by atoms with van der Waals surface area (Å²) in [6.07, 6.45) is 4.90. The molecule has 18 heavy (non-hydrogen) atoms. The molecule has 5 nitrogen and oxygen atoms in total. The average Bonchev–Trinajstić information content (AvgIpc) is 2.81. The first-order valence-electron chi connectivity index (χ1n) is 6.86. The van der Waals surface area contributed by atoms with Gasteiger partial charge in [-0.05, 0) is 39.2 Å². The Morgan fingerprint density at radius 1 is 1.17 bits per heavy atom. The summed E-state index contributed by atoms with van der Waals surface area (Å²) in [5, 5.41) is 9.08. The summed E-state index contributed by atoms with van der Waals surface area (Å²) < 4.78 is 0. The van der Waals surface area contributed by atoms with Crippen molar-refractivity contribution in [3.8, 4) is 0 Å². The van der Waals surface area contributed by atoms with Crippen molar-refractivity contribution in [2.45, 2.75) is 51.1 Å². The van der Waals surface area contributed by atoms with E-state index < -0.39 is 12.0 Å². The Balaban J connectivity index is 1.92. The van der Waals surface area contributed by atoms with Crippen LogP contribution in [-0.4, -0.2) is 58.5 Å². The zero-order valence-corrected chi connectivity index (χ0v) is 11.0. The first-order chi connectivity index (χ1) is 8.59. The maximum atomic E-state index is 12.2. The van der Waals surface area contributed by atoms with Crippen LogP contribution < -0.4 is 0 Å². The van der Waals surface area contributed by atoms with E-state index in [0.29, 0.717) is 25.6 Å². The lowest BCUT2D eigenvalue weighted by Crippen LogP contribution is -2.48. The third-order valence-electron chi connectivity index (χ3n) is 4.14. The van der Waals surface area contributed by atoms with E-state index in [0.717, 1.165) is 25.8 Å². The summed E-state index contributed by atoms with van der Waals surface area (Å²) in [5.74, 6) is -0.888. The molecular weight excluding hydrogens is 232 g/mol. The third-order valence-corrected chi connectivity index (χ3v) is 4.14. The van der Waals surface area contributed by atoms with Gasteiger partial charge < -0.3 is 10.0 Å². The Morgan fingerprint density at radius 3 is 2.61 bits per heavy atom. The lowest BCUT2D eigenvalue weighted by Gasteiger charge is -2.34. The van der Waals surface area contributed by atoms with Crippen LogP contribution in [0, 0.1) is 0 Å². The minimum Gasteiger partial charge on any atom is -0.480 e. The largest absolute Gasteiger partial charge is 0.480 e. The summed E-state index contributed by atoms with van der Waals surface area (Å²) in [4.78, 5) is 27.0. The highest BCUT2D eigenvalue weighted by atomic mass is 16.4. The van der Waals surface area contributed by atoms with Gasteiger partial charge in [0.2, 0.25) is 5.91 Å². The van der Waals surface area contributed by atoms with Gasteiger partial charge in [0.1, 0.15) is 6.04 Å². The molecule has 1 amide bonds. The second-order valence-corrected chi connectivity index (χ2v) is 5.40. The van der Waals surface area contributed by atoms with E-state index in [4.69, 9.17) is 5.11 Å². The second kappa shape index (κ2) is 5.69. The van der Waals surface area contributed by atoms with Gasteiger partial charge >= 0.3 is 5.97 Å². The highest BCUT2D eigenvalue weighted by molar-refractivity contribution is 5.85. The molecule has 2 aliphatic rings. The van der Waals surface area contributed by atoms with Gasteiger partial charge in [0.15, 0.2) is 0 Å². The molecule has 2 saturated heterocycles. The van der Waals surface area contributed by atoms with Crippen LogP contribution in [0.5, 0.6) is 0 Å². The van der Waals surface area contributed by atoms with Crippen LogP contribution in [0.2, 0.25) is 0 Å². The van der Waals surface area contributed by atoms with Crippen LogP contribution in [0.4, 0.5) is 0 Å². The number of hydrogen-bond donors (Lipinski definition) is 1. The monoisotopic (exact) mass is 254 g/mol. The van der Waals surface area contributed by atoms with E-state index in [-0.39, 0.29) is 5.91 Å². The standard InChI is InChI=1S/C13H22N2O3/c1-10-5-2-3-7-14(10)9-12(16)15-8-4-6-11(15)13(17)18/h10-11H,2-9H2,1H3,(H,17,18). The summed E-state index contributed by atoms with van der Waals surface area (Å²) in [6.45, 7) is 4.08. The van der Waals surface area contributed by atoms with Crippen LogP contribution in [0.1, 0.15) is 39.0 Å². The van der Waals surface area contributed by atoms with Crippen molar-refractivity contribution in [3.63, 3.8) is 0 Å². The topological polar surface area (TPSA) is 60.9 Å². The summed E-state index contributed by atoms with van der Waals surface area (Å²) in [6, 6.07) is -0.161. The molecule has 0 spiro atoms. The molecule has 0 radical (unpaired) electrons. The number of nitrogens with zero attached hydrogens (tertiary/aromatic N) is 2. The Bertz CT molecular complexity index is 332. The van der Waals surface area contributed by atoms with Crippen LogP contribution in [0.3, 0.4) is 0 Å². The van der Waals surface area contributed by atoms with Gasteiger partial charge in [-0.3, -0.25) is 9.69 Å². The number of carboxylic acid groups (broad SMARTS) is 1. The van der Waals surface area contributed by atoms with Gasteiger partial charge in [-0.25, -0.2) is 4.79 Å². The number of carbonyl (C=O) groups excluding carboxylic acids is 1. The summed E-state index contributed by atoms with van der Waals surface area (Å²) >= 11 is 0. The predicted octanol–water partition coefficient (Wildman–Crippen LogP) is 0.936. The van der Waals surface area contributed by atoms with E-state index in [1.54, 1.807) is 4.90 Å². The molecule has 2 atom stereocenters. The lowest BCUT2D eigenvalue weighted by atomic mass is 10.0. The normalized spacial score (nSPS) is 29.5. The Labute approximate surface area is 108 Å². The van der Waals surface area contributed by atoms with Crippen molar-refractivity contribution >= 4 is 11.9 Å². The number of aliphatic carboxylic acids is 1. The van der Waals surface area contributed by atoms with E-state index in [9.17, 15) is 9.59 Å². The molecule has 5 heteroatoms. The molecule has 0 bridgehead atoms. The van der Waals surface area contributed by atoms with Gasteiger partial charge in [0.05, 0.1) is 6.54 Å². The number of likely N-dealkylation sites (tertiary alicyclic amines) is 2. The smallest absolute Gasteiger partial charge is 0.326 e. The van der Waals surface area contributed by atoms with E-state index in [1.807, 2.05) is 0 Å². The van der Waals surface area contributed by atoms with Gasteiger partial charge in [0, 0.05) is 12.6 Å². The number of piperidine rings is 1. The van der Waals surface area contributed by atoms with Crippen molar-refractivity contribution in [2.24, 2.45) is 0 Å². The molecule has 2 heterocycles. The fourth-order valence-electron chi connectivity index (χ4n) is 2.98. The van der Waals surface area contributed by atoms with Crippen LogP contribution in [0.15, 0.2) is 0 Å². The molecule has 0 aromatic carbocycles. The van der Waals surface area contributed by atoms with E-state index in [2.05, 4.69) is 11.8 Å². The zero-order chi connectivity index (χ0) is 13.1. The molecule has 0 aromatic heterocycles. The minimum absolute atomic E-state index is 0.0198. The third kappa shape index (κ3) is 2.83. The number of hydrogen-bond acceptors (Lipinski definition) is 3. The van der Waals surface area contributed by atoms with Crippen molar-refractivity contribution in [1.82, 2.24) is 9.80 Å². The molecular formula is C13H22N2O3. The first kappa shape index (κ1) is 13.3. The maximum Gasteiger partial charge on any atom is 0.326 e. The van der Waals surface area contributed by atoms with Crippen molar-refractivity contribution < 1.29 is 14.7 Å². The Hall–Kier alpha value is -1.10. The number of carboxylic acids is 1. The molecule has 0 saturated carbocycles. The van der Waals surface area contributed by atoms with Crippen LogP contribution in [0.25, 0.3) is 0 Å². The number of amides is 1.